The van der Waals surface area contributed by atoms with E-state index in [1.54, 1.807) is 0 Å². The number of aliphatic hydroxyl groups excluding tert-OH is 1. The normalized spacial score (nSPS) is 10.9. The number of hydrogen-bond acceptors (Lipinski definition) is 4. The molecule has 4 N–H and O–H groups in total. The summed E-state index contributed by atoms with van der Waals surface area (Å²) in [5, 5.41) is 16.1. The summed E-state index contributed by atoms with van der Waals surface area (Å²) in [5.41, 5.74) is 7.33. The van der Waals surface area contributed by atoms with Crippen LogP contribution in [0.2, 0.25) is 0 Å². The van der Waals surface area contributed by atoms with Crippen LogP contribution in [0, 0.1) is 6.92 Å². The molecule has 0 aliphatic rings. The number of nitrogen functional groups attached to an aromatic ring is 1. The number of nitrogens with one attached hydrogen (secondary N) is 1. The van der Waals surface area contributed by atoms with Crippen LogP contribution in [-0.2, 0) is 0 Å². The van der Waals surface area contributed by atoms with Crippen molar-refractivity contribution in [3.8, 4) is 0 Å². The number of rotatable bonds is 4. The molecule has 0 amide bonds. The van der Waals surface area contributed by atoms with Crippen LogP contribution in [0.3, 0.4) is 0 Å². The number of aliphatic hydroxyl groups is 1. The molecule has 0 unspecified atom stereocenters. The van der Waals surface area contributed by atoms with E-state index in [-0.39, 0.29) is 12.6 Å². The van der Waals surface area contributed by atoms with Crippen molar-refractivity contribution in [3.63, 3.8) is 0 Å². The maximum absolute atomic E-state index is 8.72. The molecule has 80 valence electrons. The van der Waals surface area contributed by atoms with Crippen molar-refractivity contribution in [3.05, 3.63) is 5.69 Å². The Morgan fingerprint density at radius 1 is 1.57 bits per heavy atom. The van der Waals surface area contributed by atoms with Gasteiger partial charge in [0.1, 0.15) is 5.82 Å². The summed E-state index contributed by atoms with van der Waals surface area (Å²) >= 11 is 0. The average Bonchev–Trinajstić information content (AvgIpc) is 2.41. The summed E-state index contributed by atoms with van der Waals surface area (Å²) < 4.78 is 1.83. The molecule has 0 bridgehead atoms. The standard InChI is InChI=1S/C9H18N4O/c1-6(2)13-9(11-4-5-14)8(10)7(3)12-13/h6,11,14H,4-5,10H2,1-3H3. The van der Waals surface area contributed by atoms with E-state index >= 15 is 0 Å². The number of nitrogens with zero attached hydrogens (tertiary/aromatic N) is 2. The lowest BCUT2D eigenvalue weighted by atomic mass is 10.3. The van der Waals surface area contributed by atoms with Crippen molar-refractivity contribution in [1.29, 1.82) is 0 Å². The molecule has 1 aromatic rings. The van der Waals surface area contributed by atoms with E-state index < -0.39 is 0 Å². The highest BCUT2D eigenvalue weighted by molar-refractivity contribution is 5.64. The molecule has 0 radical (unpaired) electrons. The van der Waals surface area contributed by atoms with Crippen molar-refractivity contribution in [2.24, 2.45) is 0 Å². The van der Waals surface area contributed by atoms with E-state index in [4.69, 9.17) is 10.8 Å². The van der Waals surface area contributed by atoms with Gasteiger partial charge in [-0.25, -0.2) is 4.68 Å². The van der Waals surface area contributed by atoms with Crippen molar-refractivity contribution in [1.82, 2.24) is 9.78 Å². The number of aryl methyl sites for hydroxylation is 1. The molecule has 0 aliphatic heterocycles. The smallest absolute Gasteiger partial charge is 0.148 e. The van der Waals surface area contributed by atoms with Crippen LogP contribution in [-0.4, -0.2) is 28.0 Å². The van der Waals surface area contributed by atoms with E-state index in [9.17, 15) is 0 Å². The molecule has 0 atom stereocenters. The van der Waals surface area contributed by atoms with E-state index in [1.165, 1.54) is 0 Å². The minimum Gasteiger partial charge on any atom is -0.395 e. The third-order valence-corrected chi connectivity index (χ3v) is 2.03. The molecule has 1 heterocycles. The fourth-order valence-corrected chi connectivity index (χ4v) is 1.28. The van der Waals surface area contributed by atoms with Crippen molar-refractivity contribution >= 4 is 11.5 Å². The maximum Gasteiger partial charge on any atom is 0.148 e. The largest absolute Gasteiger partial charge is 0.395 e. The Morgan fingerprint density at radius 3 is 2.71 bits per heavy atom. The summed E-state index contributed by atoms with van der Waals surface area (Å²) in [6.07, 6.45) is 0. The van der Waals surface area contributed by atoms with Gasteiger partial charge in [0.05, 0.1) is 18.0 Å². The van der Waals surface area contributed by atoms with Crippen LogP contribution in [0.1, 0.15) is 25.6 Å². The predicted octanol–water partition coefficient (Wildman–Crippen LogP) is 0.759. The quantitative estimate of drug-likeness (QED) is 0.667. The lowest BCUT2D eigenvalue weighted by Crippen LogP contribution is -2.13. The molecular formula is C9H18N4O. The first-order chi connectivity index (χ1) is 6.57. The number of anilines is 2. The highest BCUT2D eigenvalue weighted by Gasteiger charge is 2.13. The molecule has 0 aromatic carbocycles. The first-order valence-electron chi connectivity index (χ1n) is 4.77. The van der Waals surface area contributed by atoms with Gasteiger partial charge < -0.3 is 16.2 Å². The van der Waals surface area contributed by atoms with Gasteiger partial charge in [0.2, 0.25) is 0 Å². The number of aromatic nitrogens is 2. The third kappa shape index (κ3) is 1.98. The Labute approximate surface area is 83.9 Å². The Bertz CT molecular complexity index is 306. The van der Waals surface area contributed by atoms with Crippen LogP contribution < -0.4 is 11.1 Å². The molecule has 5 heteroatoms. The summed E-state index contributed by atoms with van der Waals surface area (Å²) in [6, 6.07) is 0.257. The molecule has 0 fully saturated rings. The fraction of sp³-hybridized carbons (Fsp3) is 0.667. The molecule has 0 aliphatic carbocycles. The Balaban J connectivity index is 2.97. The highest BCUT2D eigenvalue weighted by atomic mass is 16.3. The van der Waals surface area contributed by atoms with Gasteiger partial charge in [-0.05, 0) is 20.8 Å². The molecule has 5 nitrogen and oxygen atoms in total. The van der Waals surface area contributed by atoms with Crippen LogP contribution in [0.15, 0.2) is 0 Å². The van der Waals surface area contributed by atoms with Crippen molar-refractivity contribution in [2.75, 3.05) is 24.2 Å². The summed E-state index contributed by atoms with van der Waals surface area (Å²) in [7, 11) is 0. The zero-order valence-corrected chi connectivity index (χ0v) is 8.91. The molecule has 14 heavy (non-hydrogen) atoms. The van der Waals surface area contributed by atoms with Gasteiger partial charge in [0, 0.05) is 12.6 Å². The predicted molar refractivity (Wildman–Crippen MR) is 57.3 cm³/mol. The number of hydrogen-bond donors (Lipinski definition) is 3. The third-order valence-electron chi connectivity index (χ3n) is 2.03. The van der Waals surface area contributed by atoms with Gasteiger partial charge in [-0.15, -0.1) is 0 Å². The van der Waals surface area contributed by atoms with Gasteiger partial charge in [0.25, 0.3) is 0 Å². The van der Waals surface area contributed by atoms with Crippen LogP contribution in [0.5, 0.6) is 0 Å². The molecule has 1 rings (SSSR count). The second kappa shape index (κ2) is 4.32. The lowest BCUT2D eigenvalue weighted by molar-refractivity contribution is 0.310. The van der Waals surface area contributed by atoms with Gasteiger partial charge >= 0.3 is 0 Å². The van der Waals surface area contributed by atoms with Gasteiger partial charge in [-0.3, -0.25) is 0 Å². The summed E-state index contributed by atoms with van der Waals surface area (Å²) in [6.45, 7) is 6.52. The minimum absolute atomic E-state index is 0.0851. The molecule has 0 saturated heterocycles. The molecule has 1 aromatic heterocycles. The van der Waals surface area contributed by atoms with Crippen LogP contribution in [0.4, 0.5) is 11.5 Å². The van der Waals surface area contributed by atoms with Gasteiger partial charge in [0.15, 0.2) is 0 Å². The average molecular weight is 198 g/mol. The van der Waals surface area contributed by atoms with Gasteiger partial charge in [-0.1, -0.05) is 0 Å². The fourth-order valence-electron chi connectivity index (χ4n) is 1.28. The first-order valence-corrected chi connectivity index (χ1v) is 4.77. The molecular weight excluding hydrogens is 180 g/mol. The van der Waals surface area contributed by atoms with E-state index in [2.05, 4.69) is 10.4 Å². The Kier molecular flexibility index (Phi) is 3.35. The van der Waals surface area contributed by atoms with E-state index in [1.807, 2.05) is 25.5 Å². The minimum atomic E-state index is 0.0851. The molecule has 0 saturated carbocycles. The van der Waals surface area contributed by atoms with E-state index in [0.717, 1.165) is 11.5 Å². The van der Waals surface area contributed by atoms with Gasteiger partial charge in [-0.2, -0.15) is 5.10 Å². The highest BCUT2D eigenvalue weighted by Crippen LogP contribution is 2.24. The lowest BCUT2D eigenvalue weighted by Gasteiger charge is -2.12. The zero-order valence-electron chi connectivity index (χ0n) is 8.91. The first kappa shape index (κ1) is 10.8. The van der Waals surface area contributed by atoms with E-state index in [0.29, 0.717) is 12.2 Å². The summed E-state index contributed by atoms with van der Waals surface area (Å²) in [4.78, 5) is 0. The SMILES string of the molecule is Cc1nn(C(C)C)c(NCCO)c1N. The van der Waals surface area contributed by atoms with Crippen molar-refractivity contribution in [2.45, 2.75) is 26.8 Å². The van der Waals surface area contributed by atoms with Crippen LogP contribution >= 0.6 is 0 Å². The second-order valence-electron chi connectivity index (χ2n) is 3.54. The number of nitrogens with two attached hydrogens (primary N) is 1. The Hall–Kier alpha value is -1.23. The monoisotopic (exact) mass is 198 g/mol. The topological polar surface area (TPSA) is 76.1 Å². The summed E-state index contributed by atoms with van der Waals surface area (Å²) in [5.74, 6) is 0.798. The Morgan fingerprint density at radius 2 is 2.21 bits per heavy atom. The second-order valence-corrected chi connectivity index (χ2v) is 3.54. The van der Waals surface area contributed by atoms with Crippen LogP contribution in [0.25, 0.3) is 0 Å². The molecule has 0 spiro atoms. The maximum atomic E-state index is 8.72. The zero-order chi connectivity index (χ0) is 10.7. The van der Waals surface area contributed by atoms with Crippen molar-refractivity contribution < 1.29 is 5.11 Å².